The molecule has 0 atom stereocenters. The first kappa shape index (κ1) is 21.1. The fraction of sp³-hybridized carbons (Fsp3) is 0.474. The lowest BCUT2D eigenvalue weighted by Gasteiger charge is -2.16. The second-order valence-corrected chi connectivity index (χ2v) is 9.17. The standard InChI is InChI=1S/C19H28N4O3S/c1-12-10-16(27(25,26)22(5)6)11-18(13(12)2)20-19(24)9-8-17-14(3)21-23(7)15(17)4/h10-11H,8-9H2,1-7H3,(H,20,24). The zero-order chi connectivity index (χ0) is 20.5. The van der Waals surface area contributed by atoms with Crippen LogP contribution in [0.1, 0.15) is 34.5 Å². The van der Waals surface area contributed by atoms with Gasteiger partial charge in [-0.05, 0) is 62.9 Å². The van der Waals surface area contributed by atoms with Crippen molar-refractivity contribution in [1.29, 1.82) is 0 Å². The monoisotopic (exact) mass is 392 g/mol. The number of aromatic nitrogens is 2. The Hall–Kier alpha value is -2.19. The maximum atomic E-state index is 12.5. The average molecular weight is 393 g/mol. The molecule has 1 N–H and O–H groups in total. The van der Waals surface area contributed by atoms with Gasteiger partial charge in [-0.15, -0.1) is 0 Å². The Labute approximate surface area is 161 Å². The summed E-state index contributed by atoms with van der Waals surface area (Å²) in [6.07, 6.45) is 0.890. The Morgan fingerprint density at radius 3 is 2.33 bits per heavy atom. The van der Waals surface area contributed by atoms with Crippen LogP contribution in [-0.4, -0.2) is 42.5 Å². The van der Waals surface area contributed by atoms with Crippen molar-refractivity contribution in [1.82, 2.24) is 14.1 Å². The third kappa shape index (κ3) is 4.39. The molecule has 0 bridgehead atoms. The lowest BCUT2D eigenvalue weighted by atomic mass is 10.1. The van der Waals surface area contributed by atoms with Gasteiger partial charge in [-0.2, -0.15) is 5.10 Å². The van der Waals surface area contributed by atoms with Crippen LogP contribution in [0.25, 0.3) is 0 Å². The summed E-state index contributed by atoms with van der Waals surface area (Å²) in [5.74, 6) is -0.153. The number of hydrogen-bond donors (Lipinski definition) is 1. The molecule has 0 aliphatic heterocycles. The molecule has 1 aromatic heterocycles. The smallest absolute Gasteiger partial charge is 0.242 e. The van der Waals surface area contributed by atoms with Crippen LogP contribution >= 0.6 is 0 Å². The molecular formula is C19H28N4O3S. The summed E-state index contributed by atoms with van der Waals surface area (Å²) in [5.41, 5.74) is 5.24. The number of carbonyl (C=O) groups excluding carboxylic acids is 1. The molecule has 0 unspecified atom stereocenters. The minimum Gasteiger partial charge on any atom is -0.326 e. The van der Waals surface area contributed by atoms with Gasteiger partial charge in [0.05, 0.1) is 10.6 Å². The maximum Gasteiger partial charge on any atom is 0.242 e. The van der Waals surface area contributed by atoms with Crippen LogP contribution in [0.5, 0.6) is 0 Å². The number of anilines is 1. The van der Waals surface area contributed by atoms with Crippen LogP contribution in [0.15, 0.2) is 17.0 Å². The number of nitrogens with zero attached hydrogens (tertiary/aromatic N) is 3. The van der Waals surface area contributed by atoms with Crippen molar-refractivity contribution < 1.29 is 13.2 Å². The summed E-state index contributed by atoms with van der Waals surface area (Å²) in [6.45, 7) is 7.62. The van der Waals surface area contributed by atoms with Gasteiger partial charge in [0.25, 0.3) is 0 Å². The van der Waals surface area contributed by atoms with Gasteiger partial charge in [0, 0.05) is 38.9 Å². The van der Waals surface area contributed by atoms with Gasteiger partial charge < -0.3 is 5.32 Å². The summed E-state index contributed by atoms with van der Waals surface area (Å²) in [7, 11) is 1.29. The van der Waals surface area contributed by atoms with Crippen molar-refractivity contribution in [2.45, 2.75) is 45.4 Å². The number of sulfonamides is 1. The fourth-order valence-electron chi connectivity index (χ4n) is 2.95. The highest BCUT2D eigenvalue weighted by Crippen LogP contribution is 2.26. The quantitative estimate of drug-likeness (QED) is 0.818. The van der Waals surface area contributed by atoms with Crippen LogP contribution in [-0.2, 0) is 28.3 Å². The Morgan fingerprint density at radius 2 is 1.81 bits per heavy atom. The van der Waals surface area contributed by atoms with Gasteiger partial charge in [-0.1, -0.05) is 0 Å². The topological polar surface area (TPSA) is 84.3 Å². The van der Waals surface area contributed by atoms with E-state index in [9.17, 15) is 13.2 Å². The van der Waals surface area contributed by atoms with Gasteiger partial charge >= 0.3 is 0 Å². The first-order chi connectivity index (χ1) is 12.4. The molecule has 1 amide bonds. The SMILES string of the molecule is Cc1cc(S(=O)(=O)N(C)C)cc(NC(=O)CCc2c(C)nn(C)c2C)c1C. The molecule has 0 spiro atoms. The normalized spacial score (nSPS) is 11.9. The summed E-state index contributed by atoms with van der Waals surface area (Å²) in [6, 6.07) is 3.15. The summed E-state index contributed by atoms with van der Waals surface area (Å²) in [4.78, 5) is 12.6. The number of aryl methyl sites for hydroxylation is 3. The van der Waals surface area contributed by atoms with E-state index < -0.39 is 10.0 Å². The summed E-state index contributed by atoms with van der Waals surface area (Å²) in [5, 5.41) is 7.24. The van der Waals surface area contributed by atoms with E-state index in [-0.39, 0.29) is 10.8 Å². The minimum absolute atomic E-state index is 0.153. The van der Waals surface area contributed by atoms with Crippen LogP contribution in [0.3, 0.4) is 0 Å². The van der Waals surface area contributed by atoms with Gasteiger partial charge in [-0.3, -0.25) is 9.48 Å². The molecule has 0 saturated heterocycles. The van der Waals surface area contributed by atoms with E-state index in [1.54, 1.807) is 6.07 Å². The van der Waals surface area contributed by atoms with E-state index >= 15 is 0 Å². The average Bonchev–Trinajstić information content (AvgIpc) is 2.81. The molecule has 0 saturated carbocycles. The summed E-state index contributed by atoms with van der Waals surface area (Å²) >= 11 is 0. The highest BCUT2D eigenvalue weighted by molar-refractivity contribution is 7.89. The van der Waals surface area contributed by atoms with Gasteiger partial charge in [0.15, 0.2) is 0 Å². The van der Waals surface area contributed by atoms with E-state index in [1.807, 2.05) is 39.4 Å². The number of rotatable bonds is 6. The number of hydrogen-bond acceptors (Lipinski definition) is 4. The molecule has 27 heavy (non-hydrogen) atoms. The Bertz CT molecular complexity index is 975. The highest BCUT2D eigenvalue weighted by atomic mass is 32.2. The first-order valence-corrected chi connectivity index (χ1v) is 10.2. The van der Waals surface area contributed by atoms with Crippen molar-refractivity contribution in [2.24, 2.45) is 7.05 Å². The lowest BCUT2D eigenvalue weighted by Crippen LogP contribution is -2.23. The first-order valence-electron chi connectivity index (χ1n) is 8.77. The third-order valence-corrected chi connectivity index (χ3v) is 6.75. The maximum absolute atomic E-state index is 12.5. The number of nitrogens with one attached hydrogen (secondary N) is 1. The van der Waals surface area contributed by atoms with Gasteiger partial charge in [0.1, 0.15) is 0 Å². The van der Waals surface area contributed by atoms with E-state index in [2.05, 4.69) is 10.4 Å². The molecule has 0 fully saturated rings. The Kier molecular flexibility index (Phi) is 6.11. The number of benzene rings is 1. The fourth-order valence-corrected chi connectivity index (χ4v) is 3.96. The second kappa shape index (κ2) is 7.82. The molecule has 148 valence electrons. The predicted molar refractivity (Wildman–Crippen MR) is 106 cm³/mol. The molecule has 0 aliphatic rings. The molecule has 1 heterocycles. The molecule has 0 aliphatic carbocycles. The van der Waals surface area contributed by atoms with E-state index in [1.165, 1.54) is 20.2 Å². The molecule has 1 aromatic carbocycles. The van der Waals surface area contributed by atoms with Crippen molar-refractivity contribution >= 4 is 21.6 Å². The molecule has 8 heteroatoms. The number of amides is 1. The van der Waals surface area contributed by atoms with Crippen LogP contribution in [0.4, 0.5) is 5.69 Å². The molecular weight excluding hydrogens is 364 g/mol. The Balaban J connectivity index is 2.21. The zero-order valence-corrected chi connectivity index (χ0v) is 17.9. The van der Waals surface area contributed by atoms with Crippen LogP contribution in [0.2, 0.25) is 0 Å². The van der Waals surface area contributed by atoms with Crippen molar-refractivity contribution in [3.05, 3.63) is 40.2 Å². The van der Waals surface area contributed by atoms with Gasteiger partial charge in [-0.25, -0.2) is 12.7 Å². The predicted octanol–water partition coefficient (Wildman–Crippen LogP) is 2.48. The zero-order valence-electron chi connectivity index (χ0n) is 17.0. The Morgan fingerprint density at radius 1 is 1.19 bits per heavy atom. The second-order valence-electron chi connectivity index (χ2n) is 7.02. The molecule has 2 aromatic rings. The third-order valence-electron chi connectivity index (χ3n) is 4.95. The van der Waals surface area contributed by atoms with Gasteiger partial charge in [0.2, 0.25) is 15.9 Å². The van der Waals surface area contributed by atoms with Crippen molar-refractivity contribution in [3.8, 4) is 0 Å². The largest absolute Gasteiger partial charge is 0.326 e. The lowest BCUT2D eigenvalue weighted by molar-refractivity contribution is -0.116. The molecule has 0 radical (unpaired) electrons. The minimum atomic E-state index is -3.57. The van der Waals surface area contributed by atoms with Crippen molar-refractivity contribution in [3.63, 3.8) is 0 Å². The van der Waals surface area contributed by atoms with Crippen LogP contribution < -0.4 is 5.32 Å². The van der Waals surface area contributed by atoms with Crippen molar-refractivity contribution in [2.75, 3.05) is 19.4 Å². The molecule has 2 rings (SSSR count). The van der Waals surface area contributed by atoms with E-state index in [0.717, 1.165) is 32.4 Å². The molecule has 7 nitrogen and oxygen atoms in total. The van der Waals surface area contributed by atoms with E-state index in [0.29, 0.717) is 18.5 Å². The van der Waals surface area contributed by atoms with E-state index in [4.69, 9.17) is 0 Å². The summed E-state index contributed by atoms with van der Waals surface area (Å²) < 4.78 is 27.8. The number of carbonyl (C=O) groups is 1. The highest BCUT2D eigenvalue weighted by Gasteiger charge is 2.20. The van der Waals surface area contributed by atoms with Crippen LogP contribution in [0, 0.1) is 27.7 Å².